The number of benzene rings is 1. The van der Waals surface area contributed by atoms with Crippen LogP contribution >= 0.6 is 0 Å². The minimum absolute atomic E-state index is 0.158. The maximum absolute atomic E-state index is 14.1. The van der Waals surface area contributed by atoms with E-state index in [4.69, 9.17) is 14.5 Å². The van der Waals surface area contributed by atoms with Crippen LogP contribution in [-0.4, -0.2) is 75.4 Å². The summed E-state index contributed by atoms with van der Waals surface area (Å²) in [5, 5.41) is 7.46. The Balaban J connectivity index is 1.35. The number of fused-ring (bicyclic) bond motifs is 1. The second-order valence-electron chi connectivity index (χ2n) is 11.3. The lowest BCUT2D eigenvalue weighted by Crippen LogP contribution is -2.28. The third-order valence-electron chi connectivity index (χ3n) is 8.38. The number of aryl methyl sites for hydroxylation is 1. The molecule has 226 valence electrons. The second kappa shape index (κ2) is 12.5. The summed E-state index contributed by atoms with van der Waals surface area (Å²) in [6.07, 6.45) is 6.29. The molecule has 4 aromatic rings. The van der Waals surface area contributed by atoms with E-state index in [0.717, 1.165) is 42.6 Å². The highest BCUT2D eigenvalue weighted by Gasteiger charge is 2.25. The minimum atomic E-state index is -2.57. The molecule has 0 amide bonds. The highest BCUT2D eigenvalue weighted by Crippen LogP contribution is 2.29. The van der Waals surface area contributed by atoms with Crippen molar-refractivity contribution in [3.8, 4) is 11.3 Å². The normalized spacial score (nSPS) is 19.0. The molecule has 0 radical (unpaired) electrons. The molecule has 2 fully saturated rings. The molecule has 2 saturated heterocycles. The largest absolute Gasteiger partial charge is 0.384 e. The highest BCUT2D eigenvalue weighted by atomic mass is 32.2. The highest BCUT2D eigenvalue weighted by molar-refractivity contribution is 8.00. The van der Waals surface area contributed by atoms with Gasteiger partial charge < -0.3 is 20.1 Å². The second-order valence-corrected chi connectivity index (χ2v) is 13.8. The molecule has 6 rings (SSSR count). The van der Waals surface area contributed by atoms with Crippen molar-refractivity contribution in [3.63, 3.8) is 0 Å². The van der Waals surface area contributed by atoms with E-state index in [0.29, 0.717) is 65.7 Å². The third kappa shape index (κ3) is 6.21. The number of hydrogen-bond acceptors (Lipinski definition) is 9. The molecule has 2 atom stereocenters. The standard InChI is InChI=1S/C32H38N6O4S/c1-21-16-27(43(3,40)15-14-41-2)19-34-29(21)28-17-24-18-35-32(37-30(24)38(31(28)39)26-10-13-42-20-26)36-25-6-4-22(5-7-25)23-8-11-33-12-9-23/h4-7,16-19,23,26,33H,3,8-15,20H2,1-2H3,(H,35,36,37). The molecule has 2 unspecified atom stereocenters. The maximum atomic E-state index is 14.1. The van der Waals surface area contributed by atoms with Crippen molar-refractivity contribution in [1.82, 2.24) is 24.8 Å². The first-order chi connectivity index (χ1) is 20.8. The van der Waals surface area contributed by atoms with Crippen molar-refractivity contribution >= 4 is 38.1 Å². The Morgan fingerprint density at radius 2 is 1.93 bits per heavy atom. The number of pyridine rings is 2. The van der Waals surface area contributed by atoms with E-state index in [1.54, 1.807) is 36.2 Å². The zero-order valence-corrected chi connectivity index (χ0v) is 25.5. The number of nitrogens with zero attached hydrogens (tertiary/aromatic N) is 4. The van der Waals surface area contributed by atoms with E-state index in [9.17, 15) is 9.00 Å². The van der Waals surface area contributed by atoms with Crippen LogP contribution in [0.25, 0.3) is 22.3 Å². The number of aromatic nitrogens is 4. The summed E-state index contributed by atoms with van der Waals surface area (Å²) in [5.74, 6) is 5.21. The third-order valence-corrected chi connectivity index (χ3v) is 10.3. The Hall–Kier alpha value is -3.64. The summed E-state index contributed by atoms with van der Waals surface area (Å²) in [5.41, 5.74) is 4.29. The average Bonchev–Trinajstić information content (AvgIpc) is 3.55. The molecule has 5 heterocycles. The molecule has 2 aliphatic rings. The Kier molecular flexibility index (Phi) is 8.58. The molecule has 2 aliphatic heterocycles. The number of methoxy groups -OCH3 is 1. The lowest BCUT2D eigenvalue weighted by molar-refractivity contribution is 0.186. The van der Waals surface area contributed by atoms with Crippen LogP contribution in [0.1, 0.15) is 42.3 Å². The number of ether oxygens (including phenoxy) is 2. The van der Waals surface area contributed by atoms with Gasteiger partial charge in [-0.25, -0.2) is 4.98 Å². The Bertz CT molecular complexity index is 1780. The van der Waals surface area contributed by atoms with Crippen molar-refractivity contribution < 1.29 is 13.7 Å². The van der Waals surface area contributed by atoms with Crippen LogP contribution < -0.4 is 16.2 Å². The zero-order valence-electron chi connectivity index (χ0n) is 24.7. The van der Waals surface area contributed by atoms with Crippen LogP contribution in [0.15, 0.2) is 58.5 Å². The van der Waals surface area contributed by atoms with Crippen LogP contribution in [0, 0.1) is 6.92 Å². The van der Waals surface area contributed by atoms with Crippen LogP contribution in [0.3, 0.4) is 0 Å². The van der Waals surface area contributed by atoms with Gasteiger partial charge in [0.05, 0.1) is 30.5 Å². The van der Waals surface area contributed by atoms with Crippen molar-refractivity contribution in [2.24, 2.45) is 0 Å². The molecule has 1 aromatic carbocycles. The van der Waals surface area contributed by atoms with Gasteiger partial charge in [0.2, 0.25) is 5.95 Å². The quantitative estimate of drug-likeness (QED) is 0.273. The van der Waals surface area contributed by atoms with E-state index in [-0.39, 0.29) is 11.6 Å². The molecular weight excluding hydrogens is 564 g/mol. The topological polar surface area (TPSA) is 120 Å². The first-order valence-electron chi connectivity index (χ1n) is 14.7. The summed E-state index contributed by atoms with van der Waals surface area (Å²) in [6.45, 7) is 5.32. The van der Waals surface area contributed by atoms with Gasteiger partial charge in [-0.2, -0.15) is 4.98 Å². The molecule has 10 nitrogen and oxygen atoms in total. The molecule has 3 aromatic heterocycles. The summed E-state index contributed by atoms with van der Waals surface area (Å²) in [7, 11) is -0.998. The van der Waals surface area contributed by atoms with Gasteiger partial charge in [0, 0.05) is 47.8 Å². The predicted octanol–water partition coefficient (Wildman–Crippen LogP) is 4.06. The SMILES string of the molecule is C=S(=O)(CCOC)c1cnc(-c2cc3cnc(Nc4ccc(C5CCNCC5)cc4)nc3n(C3CCOC3)c2=O)c(C)c1. The number of hydrogen-bond donors (Lipinski definition) is 2. The van der Waals surface area contributed by atoms with Crippen molar-refractivity contribution in [2.75, 3.05) is 51.1 Å². The molecule has 0 aliphatic carbocycles. The van der Waals surface area contributed by atoms with Crippen LogP contribution in [0.5, 0.6) is 0 Å². The molecule has 11 heteroatoms. The van der Waals surface area contributed by atoms with Gasteiger partial charge in [0.15, 0.2) is 0 Å². The molecule has 0 bridgehead atoms. The summed E-state index contributed by atoms with van der Waals surface area (Å²) < 4.78 is 25.6. The fraction of sp³-hybridized carbons (Fsp3) is 0.406. The van der Waals surface area contributed by atoms with Crippen LogP contribution in [-0.2, 0) is 19.0 Å². The number of anilines is 2. The first kappa shape index (κ1) is 29.4. The van der Waals surface area contributed by atoms with Gasteiger partial charge in [-0.1, -0.05) is 12.1 Å². The molecule has 2 N–H and O–H groups in total. The van der Waals surface area contributed by atoms with Crippen LogP contribution in [0.2, 0.25) is 0 Å². The fourth-order valence-electron chi connectivity index (χ4n) is 5.91. The van der Waals surface area contributed by atoms with Crippen molar-refractivity contribution in [3.05, 3.63) is 70.3 Å². The zero-order chi connectivity index (χ0) is 30.0. The summed E-state index contributed by atoms with van der Waals surface area (Å²) in [4.78, 5) is 28.7. The lowest BCUT2D eigenvalue weighted by atomic mass is 9.90. The summed E-state index contributed by atoms with van der Waals surface area (Å²) in [6, 6.07) is 11.9. The Morgan fingerprint density at radius 1 is 1.14 bits per heavy atom. The van der Waals surface area contributed by atoms with Crippen molar-refractivity contribution in [1.29, 1.82) is 0 Å². The summed E-state index contributed by atoms with van der Waals surface area (Å²) >= 11 is 0. The monoisotopic (exact) mass is 602 g/mol. The van der Waals surface area contributed by atoms with E-state index in [2.05, 4.69) is 50.7 Å². The molecular formula is C32H38N6O4S. The van der Waals surface area contributed by atoms with Gasteiger partial charge >= 0.3 is 0 Å². The predicted molar refractivity (Wildman–Crippen MR) is 171 cm³/mol. The van der Waals surface area contributed by atoms with Gasteiger partial charge in [-0.05, 0) is 96.0 Å². The Labute approximate surface area is 251 Å². The number of piperidine rings is 1. The van der Waals surface area contributed by atoms with Gasteiger partial charge in [-0.3, -0.25) is 18.6 Å². The van der Waals surface area contributed by atoms with E-state index < -0.39 is 9.52 Å². The first-order valence-corrected chi connectivity index (χ1v) is 16.6. The molecule has 0 saturated carbocycles. The minimum Gasteiger partial charge on any atom is -0.384 e. The molecule has 43 heavy (non-hydrogen) atoms. The van der Waals surface area contributed by atoms with Gasteiger partial charge in [-0.15, -0.1) is 0 Å². The van der Waals surface area contributed by atoms with E-state index >= 15 is 0 Å². The van der Waals surface area contributed by atoms with Crippen molar-refractivity contribution in [2.45, 2.75) is 43.0 Å². The van der Waals surface area contributed by atoms with E-state index in [1.807, 2.05) is 6.92 Å². The lowest BCUT2D eigenvalue weighted by Gasteiger charge is -2.23. The smallest absolute Gasteiger partial charge is 0.262 e. The van der Waals surface area contributed by atoms with Gasteiger partial charge in [0.25, 0.3) is 5.56 Å². The number of nitrogens with one attached hydrogen (secondary N) is 2. The van der Waals surface area contributed by atoms with Crippen LogP contribution in [0.4, 0.5) is 11.6 Å². The number of rotatable bonds is 9. The Morgan fingerprint density at radius 3 is 2.63 bits per heavy atom. The fourth-order valence-corrected chi connectivity index (χ4v) is 7.22. The van der Waals surface area contributed by atoms with Gasteiger partial charge in [0.1, 0.15) is 5.65 Å². The average molecular weight is 603 g/mol. The maximum Gasteiger partial charge on any atom is 0.262 e. The molecule has 0 spiro atoms. The van der Waals surface area contributed by atoms with E-state index in [1.165, 1.54) is 5.56 Å².